The third-order valence-electron chi connectivity index (χ3n) is 3.57. The van der Waals surface area contributed by atoms with E-state index in [1.807, 2.05) is 42.6 Å². The average Bonchev–Trinajstić information content (AvgIpc) is 3.25. The Bertz CT molecular complexity index is 976. The molecule has 0 bridgehead atoms. The van der Waals surface area contributed by atoms with Crippen LogP contribution in [0.25, 0.3) is 21.2 Å². The number of carbonyl (C=O) groups excluding carboxylic acids is 1. The molecule has 0 atom stereocenters. The highest BCUT2D eigenvalue weighted by Gasteiger charge is 2.15. The van der Waals surface area contributed by atoms with Gasteiger partial charge in [0.15, 0.2) is 5.13 Å². The number of benzene rings is 1. The lowest BCUT2D eigenvalue weighted by atomic mass is 10.3. The Morgan fingerprint density at radius 3 is 2.74 bits per heavy atom. The molecule has 1 N–H and O–H groups in total. The lowest BCUT2D eigenvalue weighted by Crippen LogP contribution is -2.27. The molecule has 27 heavy (non-hydrogen) atoms. The largest absolute Gasteiger partial charge is 0.481 e. The maximum Gasteiger partial charge on any atom is 0.313 e. The lowest BCUT2D eigenvalue weighted by molar-refractivity contribution is -0.133. The number of thioether (sulfide) groups is 1. The normalized spacial score (nSPS) is 11.7. The summed E-state index contributed by atoms with van der Waals surface area (Å²) in [5.41, 5.74) is 1.56. The van der Waals surface area contributed by atoms with Crippen molar-refractivity contribution >= 4 is 72.6 Å². The number of para-hydroxylation sites is 1. The number of aliphatic carboxylic acids is 1. The van der Waals surface area contributed by atoms with E-state index in [1.165, 1.54) is 41.4 Å². The molecule has 140 valence electrons. The van der Waals surface area contributed by atoms with Crippen LogP contribution >= 0.6 is 34.4 Å². The van der Waals surface area contributed by atoms with E-state index in [2.05, 4.69) is 9.97 Å². The van der Waals surface area contributed by atoms with E-state index < -0.39 is 5.97 Å². The van der Waals surface area contributed by atoms with Crippen LogP contribution in [0.4, 0.5) is 5.13 Å². The number of rotatable bonds is 7. The van der Waals surface area contributed by atoms with Crippen LogP contribution in [0.15, 0.2) is 29.6 Å². The van der Waals surface area contributed by atoms with Gasteiger partial charge in [-0.3, -0.25) is 14.5 Å². The first-order valence-electron chi connectivity index (χ1n) is 8.13. The molecule has 0 fully saturated rings. The number of nitrogens with zero attached hydrogens (tertiary/aromatic N) is 3. The fourth-order valence-corrected chi connectivity index (χ4v) is 5.10. The van der Waals surface area contributed by atoms with Crippen LogP contribution in [-0.4, -0.2) is 39.2 Å². The fourth-order valence-electron chi connectivity index (χ4n) is 2.38. The molecule has 0 unspecified atom stereocenters. The Hall–Kier alpha value is -2.23. The van der Waals surface area contributed by atoms with E-state index in [-0.39, 0.29) is 11.7 Å². The summed E-state index contributed by atoms with van der Waals surface area (Å²) in [5.74, 6) is -1.01. The van der Waals surface area contributed by atoms with Gasteiger partial charge in [-0.2, -0.15) is 0 Å². The van der Waals surface area contributed by atoms with Gasteiger partial charge in [-0.05, 0) is 25.1 Å². The molecule has 1 amide bonds. The molecule has 3 aromatic rings. The number of aromatic nitrogens is 2. The topological polar surface area (TPSA) is 83.4 Å². The summed E-state index contributed by atoms with van der Waals surface area (Å²) in [6.07, 6.45) is 1.83. The number of carbonyl (C=O) groups is 2. The number of fused-ring (bicyclic) bond motifs is 1. The number of hydrogen-bond acceptors (Lipinski definition) is 7. The quantitative estimate of drug-likeness (QED) is 0.609. The molecule has 2 heterocycles. The number of anilines is 1. The minimum absolute atomic E-state index is 0.0611. The first-order valence-corrected chi connectivity index (χ1v) is 10.8. The predicted octanol–water partition coefficient (Wildman–Crippen LogP) is 4.44. The van der Waals surface area contributed by atoms with E-state index in [4.69, 9.17) is 5.11 Å². The number of carboxylic acids is 1. The van der Waals surface area contributed by atoms with Crippen LogP contribution in [-0.2, 0) is 9.59 Å². The summed E-state index contributed by atoms with van der Waals surface area (Å²) in [4.78, 5) is 34.2. The summed E-state index contributed by atoms with van der Waals surface area (Å²) in [6, 6.07) is 7.80. The molecule has 3 rings (SSSR count). The van der Waals surface area contributed by atoms with Crippen molar-refractivity contribution < 1.29 is 14.7 Å². The van der Waals surface area contributed by atoms with Crippen molar-refractivity contribution in [2.24, 2.45) is 0 Å². The average molecular weight is 420 g/mol. The molecule has 0 saturated heterocycles. The second kappa shape index (κ2) is 8.64. The molecule has 0 aliphatic carbocycles. The molecular weight excluding hydrogens is 402 g/mol. The highest BCUT2D eigenvalue weighted by atomic mass is 32.2. The van der Waals surface area contributed by atoms with Crippen LogP contribution in [0.3, 0.4) is 0 Å². The van der Waals surface area contributed by atoms with E-state index in [9.17, 15) is 9.59 Å². The summed E-state index contributed by atoms with van der Waals surface area (Å²) in [7, 11) is 0. The van der Waals surface area contributed by atoms with Gasteiger partial charge in [0.1, 0.15) is 5.01 Å². The highest BCUT2D eigenvalue weighted by molar-refractivity contribution is 8.09. The Balaban J connectivity index is 1.96. The minimum Gasteiger partial charge on any atom is -0.481 e. The van der Waals surface area contributed by atoms with Gasteiger partial charge in [0.05, 0.1) is 21.7 Å². The van der Waals surface area contributed by atoms with E-state index >= 15 is 0 Å². The number of amides is 1. The summed E-state index contributed by atoms with van der Waals surface area (Å²) < 4.78 is 1.04. The Morgan fingerprint density at radius 2 is 2.07 bits per heavy atom. The Labute approximate surface area is 168 Å². The van der Waals surface area contributed by atoms with Crippen LogP contribution in [0.1, 0.15) is 24.5 Å². The first kappa shape index (κ1) is 19.5. The highest BCUT2D eigenvalue weighted by Crippen LogP contribution is 2.35. The van der Waals surface area contributed by atoms with Gasteiger partial charge in [-0.1, -0.05) is 12.1 Å². The molecule has 1 aromatic carbocycles. The Kier molecular flexibility index (Phi) is 6.25. The van der Waals surface area contributed by atoms with Crippen LogP contribution in [0.5, 0.6) is 0 Å². The third kappa shape index (κ3) is 4.74. The van der Waals surface area contributed by atoms with Crippen molar-refractivity contribution in [3.8, 4) is 0 Å². The second-order valence-corrected chi connectivity index (χ2v) is 8.38. The molecule has 0 aliphatic rings. The van der Waals surface area contributed by atoms with Crippen molar-refractivity contribution in [2.45, 2.75) is 13.8 Å². The summed E-state index contributed by atoms with van der Waals surface area (Å²) >= 11 is 4.12. The zero-order valence-electron chi connectivity index (χ0n) is 14.7. The number of thiazole rings is 2. The maximum absolute atomic E-state index is 11.7. The molecule has 0 spiro atoms. The zero-order chi connectivity index (χ0) is 19.4. The third-order valence-corrected chi connectivity index (χ3v) is 6.67. The van der Waals surface area contributed by atoms with Crippen molar-refractivity contribution in [1.82, 2.24) is 9.97 Å². The number of carboxylic acid groups (broad SMARTS) is 1. The summed E-state index contributed by atoms with van der Waals surface area (Å²) in [5, 5.41) is 12.3. The fraction of sp³-hybridized carbons (Fsp3) is 0.222. The molecule has 0 saturated carbocycles. The van der Waals surface area contributed by atoms with Crippen molar-refractivity contribution in [1.29, 1.82) is 0 Å². The Morgan fingerprint density at radius 1 is 1.30 bits per heavy atom. The molecule has 0 aliphatic heterocycles. The standard InChI is InChI=1S/C18H17N3O3S3/c1-3-21(11(2)22)18-19-12(9-26-18)8-15(25-10-16(23)24)17-20-13-6-4-5-7-14(13)27-17/h4-9H,3,10H2,1-2H3,(H,23,24)/b15-8-. The van der Waals surface area contributed by atoms with Gasteiger partial charge in [0, 0.05) is 23.8 Å². The maximum atomic E-state index is 11.7. The monoisotopic (exact) mass is 419 g/mol. The number of hydrogen-bond donors (Lipinski definition) is 1. The van der Waals surface area contributed by atoms with E-state index in [1.54, 1.807) is 4.90 Å². The van der Waals surface area contributed by atoms with Crippen molar-refractivity contribution in [2.75, 3.05) is 17.2 Å². The van der Waals surface area contributed by atoms with Gasteiger partial charge in [0.25, 0.3) is 0 Å². The molecule has 2 aromatic heterocycles. The molecule has 9 heteroatoms. The van der Waals surface area contributed by atoms with Gasteiger partial charge >= 0.3 is 5.97 Å². The van der Waals surface area contributed by atoms with E-state index in [0.29, 0.717) is 17.4 Å². The second-order valence-electron chi connectivity index (χ2n) is 5.50. The van der Waals surface area contributed by atoms with Crippen LogP contribution < -0.4 is 4.90 Å². The minimum atomic E-state index is -0.889. The van der Waals surface area contributed by atoms with Crippen molar-refractivity contribution in [3.05, 3.63) is 40.3 Å². The lowest BCUT2D eigenvalue weighted by Gasteiger charge is -2.14. The van der Waals surface area contributed by atoms with Crippen LogP contribution in [0.2, 0.25) is 0 Å². The first-order chi connectivity index (χ1) is 13.0. The van der Waals surface area contributed by atoms with Crippen molar-refractivity contribution in [3.63, 3.8) is 0 Å². The molecular formula is C18H17N3O3S3. The SMILES string of the molecule is CCN(C(C)=O)c1nc(/C=C(\SCC(=O)O)c2nc3ccccc3s2)cs1. The van der Waals surface area contributed by atoms with E-state index in [0.717, 1.165) is 20.1 Å². The van der Waals surface area contributed by atoms with Gasteiger partial charge in [-0.15, -0.1) is 34.4 Å². The zero-order valence-corrected chi connectivity index (χ0v) is 17.2. The molecule has 0 radical (unpaired) electrons. The molecule has 6 nitrogen and oxygen atoms in total. The predicted molar refractivity (Wildman–Crippen MR) is 113 cm³/mol. The van der Waals surface area contributed by atoms with Gasteiger partial charge in [0.2, 0.25) is 5.91 Å². The summed E-state index contributed by atoms with van der Waals surface area (Å²) in [6.45, 7) is 3.95. The van der Waals surface area contributed by atoms with Gasteiger partial charge in [-0.25, -0.2) is 9.97 Å². The smallest absolute Gasteiger partial charge is 0.313 e. The van der Waals surface area contributed by atoms with Crippen LogP contribution in [0, 0.1) is 0 Å². The van der Waals surface area contributed by atoms with Gasteiger partial charge < -0.3 is 5.11 Å².